The van der Waals surface area contributed by atoms with Crippen LogP contribution in [0.2, 0.25) is 5.02 Å². The summed E-state index contributed by atoms with van der Waals surface area (Å²) in [6.45, 7) is 0.402. The molecule has 0 spiro atoms. The average Bonchev–Trinajstić information content (AvgIpc) is 2.54. The van der Waals surface area contributed by atoms with Gasteiger partial charge in [-0.1, -0.05) is 41.9 Å². The number of rotatable bonds is 3. The molecule has 0 atom stereocenters. The first-order valence-electron chi connectivity index (χ1n) is 6.68. The standard InChI is InChI=1S/C16H13ClN4O/c17-11-6-7-12-13(8-11)20-21-15(14(12)18)16(22)19-9-10-4-2-1-3-5-10/h1-8H,9H2,(H2,18,20)(H,19,22). The molecule has 0 unspecified atom stereocenters. The molecule has 2 aromatic carbocycles. The smallest absolute Gasteiger partial charge is 0.274 e. The first-order chi connectivity index (χ1) is 10.6. The summed E-state index contributed by atoms with van der Waals surface area (Å²) in [4.78, 5) is 12.2. The van der Waals surface area contributed by atoms with Crippen LogP contribution in [-0.4, -0.2) is 16.1 Å². The van der Waals surface area contributed by atoms with Gasteiger partial charge in [0.25, 0.3) is 5.91 Å². The molecule has 5 nitrogen and oxygen atoms in total. The third-order valence-electron chi connectivity index (χ3n) is 3.27. The molecule has 0 saturated carbocycles. The maximum Gasteiger partial charge on any atom is 0.274 e. The van der Waals surface area contributed by atoms with E-state index in [2.05, 4.69) is 15.5 Å². The van der Waals surface area contributed by atoms with Gasteiger partial charge < -0.3 is 11.1 Å². The van der Waals surface area contributed by atoms with Gasteiger partial charge in [-0.2, -0.15) is 0 Å². The zero-order valence-corrected chi connectivity index (χ0v) is 12.3. The Kier molecular flexibility index (Phi) is 3.89. The van der Waals surface area contributed by atoms with Gasteiger partial charge in [-0.25, -0.2) is 0 Å². The quantitative estimate of drug-likeness (QED) is 0.779. The van der Waals surface area contributed by atoms with Gasteiger partial charge in [-0.3, -0.25) is 4.79 Å². The fraction of sp³-hybridized carbons (Fsp3) is 0.0625. The fourth-order valence-electron chi connectivity index (χ4n) is 2.13. The number of nitrogens with two attached hydrogens (primary N) is 1. The third kappa shape index (κ3) is 2.84. The zero-order chi connectivity index (χ0) is 15.5. The van der Waals surface area contributed by atoms with Gasteiger partial charge in [0.2, 0.25) is 0 Å². The van der Waals surface area contributed by atoms with E-state index in [4.69, 9.17) is 17.3 Å². The Hall–Kier alpha value is -2.66. The molecular weight excluding hydrogens is 300 g/mol. The molecule has 0 saturated heterocycles. The van der Waals surface area contributed by atoms with Crippen molar-refractivity contribution in [3.05, 3.63) is 64.8 Å². The van der Waals surface area contributed by atoms with Gasteiger partial charge >= 0.3 is 0 Å². The van der Waals surface area contributed by atoms with Crippen molar-refractivity contribution in [3.63, 3.8) is 0 Å². The molecule has 0 aliphatic rings. The number of benzene rings is 2. The zero-order valence-electron chi connectivity index (χ0n) is 11.6. The molecule has 6 heteroatoms. The molecule has 1 heterocycles. The lowest BCUT2D eigenvalue weighted by Crippen LogP contribution is -2.25. The van der Waals surface area contributed by atoms with E-state index in [0.717, 1.165) is 5.56 Å². The van der Waals surface area contributed by atoms with Crippen LogP contribution in [0.5, 0.6) is 0 Å². The number of hydrogen-bond acceptors (Lipinski definition) is 4. The Labute approximate surface area is 132 Å². The SMILES string of the molecule is Nc1c(C(=O)NCc2ccccc2)nnc2cc(Cl)ccc12. The molecule has 0 bridgehead atoms. The molecule has 22 heavy (non-hydrogen) atoms. The third-order valence-corrected chi connectivity index (χ3v) is 3.51. The van der Waals surface area contributed by atoms with Gasteiger partial charge in [-0.15, -0.1) is 10.2 Å². The van der Waals surface area contributed by atoms with E-state index in [1.165, 1.54) is 0 Å². The van der Waals surface area contributed by atoms with Crippen LogP contribution in [0.1, 0.15) is 16.1 Å². The highest BCUT2D eigenvalue weighted by Gasteiger charge is 2.15. The van der Waals surface area contributed by atoms with Crippen LogP contribution in [0.15, 0.2) is 48.5 Å². The largest absolute Gasteiger partial charge is 0.396 e. The Morgan fingerprint density at radius 1 is 1.14 bits per heavy atom. The van der Waals surface area contributed by atoms with Crippen molar-refractivity contribution < 1.29 is 4.79 Å². The minimum atomic E-state index is -0.356. The van der Waals surface area contributed by atoms with E-state index in [1.807, 2.05) is 30.3 Å². The summed E-state index contributed by atoms with van der Waals surface area (Å²) in [5, 5.41) is 11.9. The maximum absolute atomic E-state index is 12.2. The van der Waals surface area contributed by atoms with Crippen molar-refractivity contribution in [1.82, 2.24) is 15.5 Å². The van der Waals surface area contributed by atoms with Crippen LogP contribution in [0.3, 0.4) is 0 Å². The number of amides is 1. The molecule has 110 valence electrons. The van der Waals surface area contributed by atoms with Crippen molar-refractivity contribution in [3.8, 4) is 0 Å². The van der Waals surface area contributed by atoms with E-state index < -0.39 is 0 Å². The van der Waals surface area contributed by atoms with Crippen LogP contribution in [0.4, 0.5) is 5.69 Å². The van der Waals surface area contributed by atoms with Gasteiger partial charge in [0, 0.05) is 17.0 Å². The molecule has 0 aliphatic carbocycles. The number of carbonyl (C=O) groups is 1. The van der Waals surface area contributed by atoms with Crippen LogP contribution >= 0.6 is 11.6 Å². The van der Waals surface area contributed by atoms with E-state index >= 15 is 0 Å². The van der Waals surface area contributed by atoms with Crippen LogP contribution in [0.25, 0.3) is 10.9 Å². The molecule has 0 fully saturated rings. The highest BCUT2D eigenvalue weighted by Crippen LogP contribution is 2.24. The summed E-state index contributed by atoms with van der Waals surface area (Å²) in [5.74, 6) is -0.356. The van der Waals surface area contributed by atoms with E-state index in [9.17, 15) is 4.79 Å². The van der Waals surface area contributed by atoms with Crippen molar-refractivity contribution >= 4 is 34.1 Å². The molecule has 3 N–H and O–H groups in total. The molecule has 1 aromatic heterocycles. The van der Waals surface area contributed by atoms with E-state index in [0.29, 0.717) is 28.2 Å². The molecule has 1 amide bonds. The summed E-state index contributed by atoms with van der Waals surface area (Å²) < 4.78 is 0. The monoisotopic (exact) mass is 312 g/mol. The summed E-state index contributed by atoms with van der Waals surface area (Å²) in [5.41, 5.74) is 8.00. The number of fused-ring (bicyclic) bond motifs is 1. The van der Waals surface area contributed by atoms with Crippen molar-refractivity contribution in [2.45, 2.75) is 6.54 Å². The Bertz CT molecular complexity index is 836. The van der Waals surface area contributed by atoms with Gasteiger partial charge in [0.15, 0.2) is 5.69 Å². The second-order valence-electron chi connectivity index (χ2n) is 4.79. The summed E-state index contributed by atoms with van der Waals surface area (Å²) >= 11 is 5.90. The number of anilines is 1. The van der Waals surface area contributed by atoms with Crippen molar-refractivity contribution in [2.75, 3.05) is 5.73 Å². The fourth-order valence-corrected chi connectivity index (χ4v) is 2.30. The Morgan fingerprint density at radius 2 is 1.91 bits per heavy atom. The number of carbonyl (C=O) groups excluding carboxylic acids is 1. The van der Waals surface area contributed by atoms with Gasteiger partial charge in [0.05, 0.1) is 11.2 Å². The maximum atomic E-state index is 12.2. The average molecular weight is 313 g/mol. The molecule has 0 aliphatic heterocycles. The normalized spacial score (nSPS) is 10.6. The summed E-state index contributed by atoms with van der Waals surface area (Å²) in [7, 11) is 0. The second kappa shape index (κ2) is 5.99. The number of nitrogens with one attached hydrogen (secondary N) is 1. The van der Waals surface area contributed by atoms with Crippen LogP contribution in [-0.2, 0) is 6.54 Å². The van der Waals surface area contributed by atoms with Crippen LogP contribution < -0.4 is 11.1 Å². The molecule has 3 aromatic rings. The van der Waals surface area contributed by atoms with Crippen LogP contribution in [0, 0.1) is 0 Å². The van der Waals surface area contributed by atoms with Gasteiger partial charge in [0.1, 0.15) is 0 Å². The number of halogens is 1. The predicted molar refractivity (Wildman–Crippen MR) is 86.6 cm³/mol. The van der Waals surface area contributed by atoms with E-state index in [1.54, 1.807) is 18.2 Å². The number of aromatic nitrogens is 2. The lowest BCUT2D eigenvalue weighted by Gasteiger charge is -2.08. The first-order valence-corrected chi connectivity index (χ1v) is 7.06. The van der Waals surface area contributed by atoms with E-state index in [-0.39, 0.29) is 11.6 Å². The number of hydrogen-bond donors (Lipinski definition) is 2. The highest BCUT2D eigenvalue weighted by atomic mass is 35.5. The number of nitrogens with zero attached hydrogens (tertiary/aromatic N) is 2. The lowest BCUT2D eigenvalue weighted by molar-refractivity contribution is 0.0946. The summed E-state index contributed by atoms with van der Waals surface area (Å²) in [6, 6.07) is 14.7. The Morgan fingerprint density at radius 3 is 2.68 bits per heavy atom. The minimum absolute atomic E-state index is 0.116. The van der Waals surface area contributed by atoms with Crippen molar-refractivity contribution in [1.29, 1.82) is 0 Å². The highest BCUT2D eigenvalue weighted by molar-refractivity contribution is 6.31. The summed E-state index contributed by atoms with van der Waals surface area (Å²) in [6.07, 6.45) is 0. The van der Waals surface area contributed by atoms with Crippen molar-refractivity contribution in [2.24, 2.45) is 0 Å². The van der Waals surface area contributed by atoms with Gasteiger partial charge in [-0.05, 0) is 23.8 Å². The molecule has 3 rings (SSSR count). The topological polar surface area (TPSA) is 80.9 Å². The second-order valence-corrected chi connectivity index (χ2v) is 5.23. The molecular formula is C16H13ClN4O. The predicted octanol–water partition coefficient (Wildman–Crippen LogP) is 2.80. The first kappa shape index (κ1) is 14.3. The molecule has 0 radical (unpaired) electrons. The number of nitrogen functional groups attached to an aromatic ring is 1. The Balaban J connectivity index is 1.85. The minimum Gasteiger partial charge on any atom is -0.396 e. The lowest BCUT2D eigenvalue weighted by atomic mass is 10.1.